The minimum absolute atomic E-state index is 0.0845. The SMILES string of the molecule is CCOC(=O)c1c(OC)c(=O)c(C(=O)OC)cn1C1CCC2CCN(C(=O)OC(C)(C)C)C21. The monoisotopic (exact) mass is 464 g/mol. The lowest BCUT2D eigenvalue weighted by molar-refractivity contribution is 0.0181. The number of nitrogens with zero attached hydrogens (tertiary/aromatic N) is 2. The molecule has 1 saturated heterocycles. The molecule has 1 aliphatic carbocycles. The van der Waals surface area contributed by atoms with Crippen LogP contribution in [0.5, 0.6) is 5.75 Å². The fourth-order valence-corrected chi connectivity index (χ4v) is 4.82. The third-order valence-corrected chi connectivity index (χ3v) is 6.07. The molecule has 0 bridgehead atoms. The first kappa shape index (κ1) is 24.6. The van der Waals surface area contributed by atoms with Gasteiger partial charge < -0.3 is 28.4 Å². The van der Waals surface area contributed by atoms with Gasteiger partial charge in [-0.15, -0.1) is 0 Å². The lowest BCUT2D eigenvalue weighted by Crippen LogP contribution is -2.44. The Morgan fingerprint density at radius 3 is 2.36 bits per heavy atom. The zero-order chi connectivity index (χ0) is 24.5. The van der Waals surface area contributed by atoms with Gasteiger partial charge in [-0.2, -0.15) is 0 Å². The van der Waals surface area contributed by atoms with Crippen molar-refractivity contribution in [2.75, 3.05) is 27.4 Å². The van der Waals surface area contributed by atoms with Gasteiger partial charge in [0.2, 0.25) is 5.43 Å². The molecule has 1 aliphatic heterocycles. The van der Waals surface area contributed by atoms with E-state index in [2.05, 4.69) is 0 Å². The number of hydrogen-bond acceptors (Lipinski definition) is 8. The zero-order valence-corrected chi connectivity index (χ0v) is 20.0. The molecule has 2 fully saturated rings. The Kier molecular flexibility index (Phi) is 7.04. The molecular formula is C23H32N2O8. The van der Waals surface area contributed by atoms with E-state index in [0.29, 0.717) is 13.0 Å². The quantitative estimate of drug-likeness (QED) is 0.483. The highest BCUT2D eigenvalue weighted by Crippen LogP contribution is 2.45. The van der Waals surface area contributed by atoms with E-state index < -0.39 is 29.1 Å². The predicted octanol–water partition coefficient (Wildman–Crippen LogP) is 2.78. The van der Waals surface area contributed by atoms with Crippen LogP contribution < -0.4 is 10.2 Å². The molecule has 1 saturated carbocycles. The highest BCUT2D eigenvalue weighted by atomic mass is 16.6. The van der Waals surface area contributed by atoms with Gasteiger partial charge in [0.25, 0.3) is 0 Å². The number of carbonyl (C=O) groups excluding carboxylic acids is 3. The molecule has 3 atom stereocenters. The van der Waals surface area contributed by atoms with Crippen LogP contribution >= 0.6 is 0 Å². The molecule has 0 radical (unpaired) electrons. The molecule has 3 rings (SSSR count). The molecule has 10 heteroatoms. The molecule has 182 valence electrons. The Hall–Kier alpha value is -3.04. The van der Waals surface area contributed by atoms with Gasteiger partial charge in [0.15, 0.2) is 11.4 Å². The molecule has 1 aromatic heterocycles. The second kappa shape index (κ2) is 9.44. The number of methoxy groups -OCH3 is 2. The lowest BCUT2D eigenvalue weighted by atomic mass is 10.0. The van der Waals surface area contributed by atoms with Crippen LogP contribution in [0.1, 0.15) is 73.8 Å². The molecule has 3 unspecified atom stereocenters. The summed E-state index contributed by atoms with van der Waals surface area (Å²) >= 11 is 0. The summed E-state index contributed by atoms with van der Waals surface area (Å²) in [5.41, 5.74) is -1.75. The number of hydrogen-bond donors (Lipinski definition) is 0. The van der Waals surface area contributed by atoms with Crippen LogP contribution in [0, 0.1) is 5.92 Å². The summed E-state index contributed by atoms with van der Waals surface area (Å²) in [6.07, 6.45) is 3.14. The van der Waals surface area contributed by atoms with Gasteiger partial charge in [-0.1, -0.05) is 0 Å². The van der Waals surface area contributed by atoms with E-state index in [1.54, 1.807) is 37.2 Å². The van der Waals surface area contributed by atoms with Crippen molar-refractivity contribution in [3.05, 3.63) is 27.7 Å². The smallest absolute Gasteiger partial charge is 0.410 e. The number of carbonyl (C=O) groups is 3. The van der Waals surface area contributed by atoms with Crippen molar-refractivity contribution in [3.63, 3.8) is 0 Å². The van der Waals surface area contributed by atoms with E-state index in [1.165, 1.54) is 20.4 Å². The van der Waals surface area contributed by atoms with Crippen molar-refractivity contribution in [2.24, 2.45) is 5.92 Å². The molecule has 1 amide bonds. The molecular weight excluding hydrogens is 432 g/mol. The average Bonchev–Trinajstić information content (AvgIpc) is 3.34. The fourth-order valence-electron chi connectivity index (χ4n) is 4.82. The van der Waals surface area contributed by atoms with E-state index in [1.807, 2.05) is 0 Å². The van der Waals surface area contributed by atoms with Gasteiger partial charge in [0.1, 0.15) is 11.2 Å². The van der Waals surface area contributed by atoms with Crippen molar-refractivity contribution in [1.29, 1.82) is 0 Å². The van der Waals surface area contributed by atoms with Gasteiger partial charge in [-0.3, -0.25) is 4.79 Å². The zero-order valence-electron chi connectivity index (χ0n) is 20.0. The maximum Gasteiger partial charge on any atom is 0.410 e. The number of amides is 1. The van der Waals surface area contributed by atoms with E-state index in [9.17, 15) is 19.2 Å². The van der Waals surface area contributed by atoms with Crippen LogP contribution in [0.2, 0.25) is 0 Å². The molecule has 0 aromatic carbocycles. The van der Waals surface area contributed by atoms with Crippen LogP contribution in [0.15, 0.2) is 11.0 Å². The summed E-state index contributed by atoms with van der Waals surface area (Å²) in [7, 11) is 2.43. The standard InChI is InChI=1S/C23H32N2O8/c1-7-32-21(28)17-19(30-5)18(26)14(20(27)31-6)12-25(17)15-9-8-13-10-11-24(16(13)15)22(29)33-23(2,3)4/h12-13,15-16H,7-11H2,1-6H3. The molecule has 10 nitrogen and oxygen atoms in total. The van der Waals surface area contributed by atoms with Crippen molar-refractivity contribution < 1.29 is 33.3 Å². The highest BCUT2D eigenvalue weighted by Gasteiger charge is 2.49. The number of aromatic nitrogens is 1. The van der Waals surface area contributed by atoms with Crippen molar-refractivity contribution >= 4 is 18.0 Å². The third kappa shape index (κ3) is 4.69. The predicted molar refractivity (Wildman–Crippen MR) is 118 cm³/mol. The Morgan fingerprint density at radius 1 is 1.09 bits per heavy atom. The average molecular weight is 465 g/mol. The number of pyridine rings is 1. The summed E-state index contributed by atoms with van der Waals surface area (Å²) < 4.78 is 22.4. The van der Waals surface area contributed by atoms with Crippen LogP contribution in [0.3, 0.4) is 0 Å². The molecule has 0 N–H and O–H groups in total. The van der Waals surface area contributed by atoms with Crippen LogP contribution in [-0.2, 0) is 14.2 Å². The van der Waals surface area contributed by atoms with Crippen molar-refractivity contribution in [3.8, 4) is 5.75 Å². The first-order valence-corrected chi connectivity index (χ1v) is 11.1. The number of likely N-dealkylation sites (tertiary alicyclic amines) is 1. The van der Waals surface area contributed by atoms with E-state index in [4.69, 9.17) is 18.9 Å². The largest absolute Gasteiger partial charge is 0.491 e. The van der Waals surface area contributed by atoms with E-state index in [-0.39, 0.29) is 41.6 Å². The number of fused-ring (bicyclic) bond motifs is 1. The Morgan fingerprint density at radius 2 is 1.79 bits per heavy atom. The maximum atomic E-state index is 13.0. The van der Waals surface area contributed by atoms with Crippen LogP contribution in [-0.4, -0.2) is 66.5 Å². The minimum atomic E-state index is -0.840. The molecule has 0 spiro atoms. The van der Waals surface area contributed by atoms with E-state index in [0.717, 1.165) is 12.8 Å². The van der Waals surface area contributed by atoms with Gasteiger partial charge in [-0.05, 0) is 52.9 Å². The second-order valence-electron chi connectivity index (χ2n) is 9.23. The number of esters is 2. The summed E-state index contributed by atoms with van der Waals surface area (Å²) in [4.78, 5) is 52.8. The second-order valence-corrected chi connectivity index (χ2v) is 9.23. The number of ether oxygens (including phenoxy) is 4. The Bertz CT molecular complexity index is 993. The molecule has 33 heavy (non-hydrogen) atoms. The first-order valence-electron chi connectivity index (χ1n) is 11.1. The normalized spacial score (nSPS) is 22.0. The Labute approximate surface area is 192 Å². The topological polar surface area (TPSA) is 113 Å². The number of rotatable bonds is 5. The van der Waals surface area contributed by atoms with Gasteiger partial charge in [0.05, 0.1) is 32.9 Å². The van der Waals surface area contributed by atoms with Crippen molar-refractivity contribution in [1.82, 2.24) is 9.47 Å². The van der Waals surface area contributed by atoms with Crippen LogP contribution in [0.25, 0.3) is 0 Å². The molecule has 2 heterocycles. The van der Waals surface area contributed by atoms with Crippen LogP contribution in [0.4, 0.5) is 4.79 Å². The van der Waals surface area contributed by atoms with Gasteiger partial charge >= 0.3 is 18.0 Å². The lowest BCUT2D eigenvalue weighted by Gasteiger charge is -2.33. The van der Waals surface area contributed by atoms with Gasteiger partial charge in [-0.25, -0.2) is 14.4 Å². The third-order valence-electron chi connectivity index (χ3n) is 6.07. The van der Waals surface area contributed by atoms with E-state index >= 15 is 0 Å². The van der Waals surface area contributed by atoms with Gasteiger partial charge in [0, 0.05) is 12.7 Å². The van der Waals surface area contributed by atoms with Crippen molar-refractivity contribution in [2.45, 2.75) is 64.6 Å². The molecule has 2 aliphatic rings. The minimum Gasteiger partial charge on any atom is -0.491 e. The first-order chi connectivity index (χ1) is 15.5. The summed E-state index contributed by atoms with van der Waals surface area (Å²) in [5.74, 6) is -1.67. The molecule has 1 aromatic rings. The Balaban J connectivity index is 2.15. The summed E-state index contributed by atoms with van der Waals surface area (Å²) in [6, 6.07) is -0.659. The summed E-state index contributed by atoms with van der Waals surface area (Å²) in [6.45, 7) is 7.69. The summed E-state index contributed by atoms with van der Waals surface area (Å²) in [5, 5.41) is 0. The fraction of sp³-hybridized carbons (Fsp3) is 0.652. The highest BCUT2D eigenvalue weighted by molar-refractivity contribution is 5.94. The maximum absolute atomic E-state index is 13.0.